The number of hydrogen-bond donors (Lipinski definition) is 1. The van der Waals surface area contributed by atoms with Gasteiger partial charge in [-0.15, -0.1) is 0 Å². The van der Waals surface area contributed by atoms with Gasteiger partial charge < -0.3 is 10.5 Å². The molecule has 0 radical (unpaired) electrons. The Morgan fingerprint density at radius 1 is 1.27 bits per heavy atom. The molecule has 90 valence electrons. The molecule has 1 rings (SSSR count). The molecule has 0 spiro atoms. The first-order valence-corrected chi connectivity index (χ1v) is 5.90. The predicted octanol–water partition coefficient (Wildman–Crippen LogP) is 1.61. The van der Waals surface area contributed by atoms with Crippen LogP contribution in [0.4, 0.5) is 0 Å². The Kier molecular flexibility index (Phi) is 4.15. The maximum Gasteiger partial charge on any atom is 0.0479 e. The minimum Gasteiger partial charge on any atom is -0.385 e. The highest BCUT2D eigenvalue weighted by atomic mass is 16.5. The number of rotatable bonds is 3. The molecular weight excluding hydrogens is 188 g/mol. The van der Waals surface area contributed by atoms with Crippen molar-refractivity contribution < 1.29 is 4.74 Å². The van der Waals surface area contributed by atoms with Crippen molar-refractivity contribution in [1.29, 1.82) is 0 Å². The Balaban J connectivity index is 2.41. The summed E-state index contributed by atoms with van der Waals surface area (Å²) < 4.78 is 5.11. The molecule has 0 aromatic rings. The van der Waals surface area contributed by atoms with Crippen molar-refractivity contribution in [3.63, 3.8) is 0 Å². The van der Waals surface area contributed by atoms with E-state index in [-0.39, 0.29) is 11.1 Å². The Morgan fingerprint density at radius 3 is 2.20 bits per heavy atom. The number of methoxy groups -OCH3 is 1. The lowest BCUT2D eigenvalue weighted by molar-refractivity contribution is 0.0624. The maximum atomic E-state index is 6.34. The van der Waals surface area contributed by atoms with Crippen LogP contribution in [0.1, 0.15) is 40.0 Å². The molecule has 3 heteroatoms. The number of nitrogens with zero attached hydrogens (tertiary/aromatic N) is 1. The van der Waals surface area contributed by atoms with Crippen molar-refractivity contribution in [2.75, 3.05) is 26.8 Å². The van der Waals surface area contributed by atoms with Gasteiger partial charge in [-0.1, -0.05) is 0 Å². The number of nitrogens with two attached hydrogens (primary N) is 1. The fourth-order valence-corrected chi connectivity index (χ4v) is 2.18. The quantitative estimate of drug-likeness (QED) is 0.776. The van der Waals surface area contributed by atoms with Crippen molar-refractivity contribution in [2.24, 2.45) is 5.73 Å². The van der Waals surface area contributed by atoms with Gasteiger partial charge in [-0.2, -0.15) is 0 Å². The molecule has 0 saturated carbocycles. The summed E-state index contributed by atoms with van der Waals surface area (Å²) in [4.78, 5) is 2.52. The van der Waals surface area contributed by atoms with E-state index in [1.807, 2.05) is 0 Å². The first-order chi connectivity index (χ1) is 6.87. The third-order valence-corrected chi connectivity index (χ3v) is 3.51. The Bertz CT molecular complexity index is 190. The molecule has 1 aliphatic rings. The molecule has 1 heterocycles. The minimum atomic E-state index is 0.0117. The van der Waals surface area contributed by atoms with Gasteiger partial charge in [0.05, 0.1) is 0 Å². The van der Waals surface area contributed by atoms with Crippen LogP contribution in [0.2, 0.25) is 0 Å². The number of likely N-dealkylation sites (tertiary alicyclic amines) is 1. The van der Waals surface area contributed by atoms with Gasteiger partial charge in [0.15, 0.2) is 0 Å². The molecule has 15 heavy (non-hydrogen) atoms. The Hall–Kier alpha value is -0.120. The van der Waals surface area contributed by atoms with Gasteiger partial charge in [0.1, 0.15) is 0 Å². The van der Waals surface area contributed by atoms with E-state index in [2.05, 4.69) is 25.7 Å². The van der Waals surface area contributed by atoms with Crippen molar-refractivity contribution in [1.82, 2.24) is 4.90 Å². The second-order valence-electron chi connectivity index (χ2n) is 5.76. The summed E-state index contributed by atoms with van der Waals surface area (Å²) in [6.45, 7) is 9.82. The van der Waals surface area contributed by atoms with Crippen LogP contribution in [0.5, 0.6) is 0 Å². The number of hydrogen-bond acceptors (Lipinski definition) is 3. The van der Waals surface area contributed by atoms with Crippen LogP contribution in [-0.2, 0) is 4.74 Å². The first kappa shape index (κ1) is 12.9. The van der Waals surface area contributed by atoms with E-state index in [4.69, 9.17) is 10.5 Å². The molecule has 0 unspecified atom stereocenters. The lowest BCUT2D eigenvalue weighted by Gasteiger charge is -2.45. The lowest BCUT2D eigenvalue weighted by atomic mass is 9.84. The third kappa shape index (κ3) is 3.74. The Labute approximate surface area is 94.0 Å². The summed E-state index contributed by atoms with van der Waals surface area (Å²) in [7, 11) is 1.74. The van der Waals surface area contributed by atoms with Crippen molar-refractivity contribution in [3.8, 4) is 0 Å². The standard InChI is InChI=1S/C12H26N2O/c1-11(2,3)14-8-5-12(13,6-9-14)7-10-15-4/h5-10,13H2,1-4H3. The van der Waals surface area contributed by atoms with E-state index in [0.717, 1.165) is 39.0 Å². The van der Waals surface area contributed by atoms with E-state index in [9.17, 15) is 0 Å². The van der Waals surface area contributed by atoms with Crippen LogP contribution < -0.4 is 5.73 Å². The maximum absolute atomic E-state index is 6.34. The molecule has 0 atom stereocenters. The number of ether oxygens (including phenoxy) is 1. The summed E-state index contributed by atoms with van der Waals surface area (Å²) in [6.07, 6.45) is 3.17. The van der Waals surface area contributed by atoms with Gasteiger partial charge in [0.2, 0.25) is 0 Å². The largest absolute Gasteiger partial charge is 0.385 e. The number of piperidine rings is 1. The van der Waals surface area contributed by atoms with Crippen LogP contribution in [0.3, 0.4) is 0 Å². The van der Waals surface area contributed by atoms with Gasteiger partial charge in [0, 0.05) is 37.9 Å². The van der Waals surface area contributed by atoms with Crippen molar-refractivity contribution in [3.05, 3.63) is 0 Å². The molecule has 0 bridgehead atoms. The fraction of sp³-hybridized carbons (Fsp3) is 1.00. The predicted molar refractivity (Wildman–Crippen MR) is 64.0 cm³/mol. The fourth-order valence-electron chi connectivity index (χ4n) is 2.18. The van der Waals surface area contributed by atoms with Crippen molar-refractivity contribution in [2.45, 2.75) is 51.1 Å². The molecule has 1 saturated heterocycles. The van der Waals surface area contributed by atoms with Gasteiger partial charge in [-0.05, 0) is 40.0 Å². The van der Waals surface area contributed by atoms with Crippen molar-refractivity contribution >= 4 is 0 Å². The highest BCUT2D eigenvalue weighted by molar-refractivity contribution is 4.93. The summed E-state index contributed by atoms with van der Waals surface area (Å²) in [5.41, 5.74) is 6.64. The molecule has 0 aliphatic carbocycles. The molecule has 3 nitrogen and oxygen atoms in total. The van der Waals surface area contributed by atoms with Crippen LogP contribution in [0, 0.1) is 0 Å². The summed E-state index contributed by atoms with van der Waals surface area (Å²) in [6, 6.07) is 0. The zero-order valence-electron chi connectivity index (χ0n) is 10.7. The monoisotopic (exact) mass is 214 g/mol. The topological polar surface area (TPSA) is 38.5 Å². The second-order valence-corrected chi connectivity index (χ2v) is 5.76. The second kappa shape index (κ2) is 4.81. The van der Waals surface area contributed by atoms with Crippen LogP contribution >= 0.6 is 0 Å². The van der Waals surface area contributed by atoms with Gasteiger partial charge >= 0.3 is 0 Å². The molecule has 1 aliphatic heterocycles. The van der Waals surface area contributed by atoms with E-state index >= 15 is 0 Å². The summed E-state index contributed by atoms with van der Waals surface area (Å²) in [5.74, 6) is 0. The van der Waals surface area contributed by atoms with Crippen LogP contribution in [0.15, 0.2) is 0 Å². The van der Waals surface area contributed by atoms with Crippen LogP contribution in [-0.4, -0.2) is 42.8 Å². The van der Waals surface area contributed by atoms with E-state index in [1.54, 1.807) is 7.11 Å². The smallest absolute Gasteiger partial charge is 0.0479 e. The van der Waals surface area contributed by atoms with Gasteiger partial charge in [-0.3, -0.25) is 4.90 Å². The lowest BCUT2D eigenvalue weighted by Crippen LogP contribution is -2.55. The minimum absolute atomic E-state index is 0.0117. The molecular formula is C12H26N2O. The van der Waals surface area contributed by atoms with Gasteiger partial charge in [0.25, 0.3) is 0 Å². The van der Waals surface area contributed by atoms with E-state index in [0.29, 0.717) is 0 Å². The van der Waals surface area contributed by atoms with Crippen LogP contribution in [0.25, 0.3) is 0 Å². The van der Waals surface area contributed by atoms with E-state index < -0.39 is 0 Å². The molecule has 0 amide bonds. The Morgan fingerprint density at radius 2 is 1.80 bits per heavy atom. The molecule has 0 aromatic carbocycles. The molecule has 2 N–H and O–H groups in total. The van der Waals surface area contributed by atoms with Gasteiger partial charge in [-0.25, -0.2) is 0 Å². The van der Waals surface area contributed by atoms with E-state index in [1.165, 1.54) is 0 Å². The SMILES string of the molecule is COCCC1(N)CCN(C(C)(C)C)CC1. The average Bonchev–Trinajstić information content (AvgIpc) is 2.14. The average molecular weight is 214 g/mol. The molecule has 1 fully saturated rings. The normalized spacial score (nSPS) is 23.0. The zero-order chi connectivity index (χ0) is 11.5. The zero-order valence-corrected chi connectivity index (χ0v) is 10.7. The summed E-state index contributed by atoms with van der Waals surface area (Å²) in [5, 5.41) is 0. The highest BCUT2D eigenvalue weighted by Gasteiger charge is 2.33. The highest BCUT2D eigenvalue weighted by Crippen LogP contribution is 2.27. The first-order valence-electron chi connectivity index (χ1n) is 5.90. The third-order valence-electron chi connectivity index (χ3n) is 3.51. The molecule has 0 aromatic heterocycles. The summed E-state index contributed by atoms with van der Waals surface area (Å²) >= 11 is 0.